The monoisotopic (exact) mass is 321 g/mol. The van der Waals surface area contributed by atoms with Gasteiger partial charge < -0.3 is 0 Å². The lowest BCUT2D eigenvalue weighted by atomic mass is 10.1. The Bertz CT molecular complexity index is 638. The topological polar surface area (TPSA) is 43.1 Å². The van der Waals surface area contributed by atoms with Crippen molar-refractivity contribution in [3.63, 3.8) is 0 Å². The zero-order valence-corrected chi connectivity index (χ0v) is 11.3. The lowest BCUT2D eigenvalue weighted by Crippen LogP contribution is -1.98. The van der Waals surface area contributed by atoms with Gasteiger partial charge in [-0.25, -0.2) is 4.39 Å². The number of nitrogens with zero attached hydrogens (tertiary/aromatic N) is 1. The van der Waals surface area contributed by atoms with E-state index in [-0.39, 0.29) is 5.70 Å². The zero-order valence-electron chi connectivity index (χ0n) is 9.72. The molecule has 5 heteroatoms. The van der Waals surface area contributed by atoms with Crippen molar-refractivity contribution >= 4 is 27.7 Å². The molecular formula is C14H9BrFNO2. The van der Waals surface area contributed by atoms with Gasteiger partial charge in [0.15, 0.2) is 0 Å². The van der Waals surface area contributed by atoms with Crippen molar-refractivity contribution in [3.8, 4) is 0 Å². The van der Waals surface area contributed by atoms with Crippen LogP contribution < -0.4 is 0 Å². The molecule has 0 N–H and O–H groups in total. The number of benzene rings is 2. The van der Waals surface area contributed by atoms with Crippen LogP contribution in [0.25, 0.3) is 11.8 Å². The quantitative estimate of drug-likeness (QED) is 0.479. The van der Waals surface area contributed by atoms with Crippen LogP contribution in [0.4, 0.5) is 4.39 Å². The molecule has 2 rings (SSSR count). The molecule has 0 spiro atoms. The van der Waals surface area contributed by atoms with E-state index in [9.17, 15) is 14.5 Å². The van der Waals surface area contributed by atoms with E-state index in [1.54, 1.807) is 18.2 Å². The molecule has 3 nitrogen and oxygen atoms in total. The molecule has 0 aliphatic carbocycles. The van der Waals surface area contributed by atoms with Gasteiger partial charge in [-0.1, -0.05) is 34.1 Å². The molecule has 0 radical (unpaired) electrons. The highest BCUT2D eigenvalue weighted by atomic mass is 79.9. The summed E-state index contributed by atoms with van der Waals surface area (Å²) < 4.78 is 13.6. The van der Waals surface area contributed by atoms with Crippen LogP contribution in [-0.2, 0) is 0 Å². The first kappa shape index (κ1) is 13.4. The fourth-order valence-electron chi connectivity index (χ4n) is 1.60. The van der Waals surface area contributed by atoms with Crippen LogP contribution in [0.3, 0.4) is 0 Å². The van der Waals surface area contributed by atoms with Crippen molar-refractivity contribution < 1.29 is 9.31 Å². The van der Waals surface area contributed by atoms with Gasteiger partial charge in [0.25, 0.3) is 5.70 Å². The molecule has 0 unspecified atom stereocenters. The Labute approximate surface area is 117 Å². The summed E-state index contributed by atoms with van der Waals surface area (Å²) in [6, 6.07) is 12.4. The Kier molecular flexibility index (Phi) is 4.06. The van der Waals surface area contributed by atoms with Crippen molar-refractivity contribution in [1.82, 2.24) is 0 Å². The fraction of sp³-hybridized carbons (Fsp3) is 0. The first-order valence-electron chi connectivity index (χ1n) is 5.44. The predicted molar refractivity (Wildman–Crippen MR) is 75.4 cm³/mol. The first-order chi connectivity index (χ1) is 9.08. The van der Waals surface area contributed by atoms with Crippen LogP contribution in [0.2, 0.25) is 0 Å². The van der Waals surface area contributed by atoms with Crippen LogP contribution in [0.1, 0.15) is 11.1 Å². The predicted octanol–water partition coefficient (Wildman–Crippen LogP) is 4.36. The molecule has 0 aromatic heterocycles. The molecule has 0 bridgehead atoms. The largest absolute Gasteiger partial charge is 0.277 e. The number of hydrogen-bond donors (Lipinski definition) is 0. The maximum Gasteiger partial charge on any atom is 0.277 e. The van der Waals surface area contributed by atoms with Crippen molar-refractivity contribution in [3.05, 3.63) is 80.1 Å². The van der Waals surface area contributed by atoms with Crippen molar-refractivity contribution in [2.24, 2.45) is 0 Å². The van der Waals surface area contributed by atoms with E-state index in [0.717, 1.165) is 4.47 Å². The molecule has 96 valence electrons. The number of rotatable bonds is 3. The van der Waals surface area contributed by atoms with E-state index in [4.69, 9.17) is 0 Å². The Morgan fingerprint density at radius 1 is 1.16 bits per heavy atom. The van der Waals surface area contributed by atoms with Crippen LogP contribution in [-0.4, -0.2) is 4.92 Å². The summed E-state index contributed by atoms with van der Waals surface area (Å²) in [6.07, 6.45) is 1.46. The summed E-state index contributed by atoms with van der Waals surface area (Å²) in [4.78, 5) is 10.6. The summed E-state index contributed by atoms with van der Waals surface area (Å²) in [5, 5.41) is 11.1. The Hall–Kier alpha value is -2.01. The summed E-state index contributed by atoms with van der Waals surface area (Å²) in [5.41, 5.74) is 0.979. The molecule has 0 aliphatic heterocycles. The highest BCUT2D eigenvalue weighted by Gasteiger charge is 2.14. The normalized spacial score (nSPS) is 11.4. The SMILES string of the molecule is O=[N+]([O-])/C(=C/c1ccccc1Br)c1ccc(F)cc1. The number of nitro groups is 1. The number of halogens is 2. The zero-order chi connectivity index (χ0) is 13.8. The van der Waals surface area contributed by atoms with Gasteiger partial charge in [0.2, 0.25) is 0 Å². The molecule has 0 saturated carbocycles. The maximum absolute atomic E-state index is 12.8. The fourth-order valence-corrected chi connectivity index (χ4v) is 2.00. The van der Waals surface area contributed by atoms with Crippen LogP contribution in [0.15, 0.2) is 53.0 Å². The summed E-state index contributed by atoms with van der Waals surface area (Å²) in [6.45, 7) is 0. The average molecular weight is 322 g/mol. The summed E-state index contributed by atoms with van der Waals surface area (Å²) >= 11 is 3.33. The number of hydrogen-bond acceptors (Lipinski definition) is 2. The van der Waals surface area contributed by atoms with E-state index >= 15 is 0 Å². The third-order valence-electron chi connectivity index (χ3n) is 2.53. The van der Waals surface area contributed by atoms with Gasteiger partial charge in [0.05, 0.1) is 10.5 Å². The molecular weight excluding hydrogens is 313 g/mol. The molecule has 19 heavy (non-hydrogen) atoms. The second-order valence-corrected chi connectivity index (χ2v) is 4.67. The lowest BCUT2D eigenvalue weighted by Gasteiger charge is -2.01. The Balaban J connectivity index is 2.50. The highest BCUT2D eigenvalue weighted by molar-refractivity contribution is 9.10. The van der Waals surface area contributed by atoms with Crippen LogP contribution in [0.5, 0.6) is 0 Å². The van der Waals surface area contributed by atoms with Gasteiger partial charge in [-0.2, -0.15) is 0 Å². The molecule has 0 fully saturated rings. The summed E-state index contributed by atoms with van der Waals surface area (Å²) in [7, 11) is 0. The molecule has 0 atom stereocenters. The third-order valence-corrected chi connectivity index (χ3v) is 3.26. The van der Waals surface area contributed by atoms with Gasteiger partial charge in [0.1, 0.15) is 5.82 Å². The van der Waals surface area contributed by atoms with Gasteiger partial charge >= 0.3 is 0 Å². The molecule has 0 aliphatic rings. The van der Waals surface area contributed by atoms with Gasteiger partial charge in [0, 0.05) is 10.5 Å². The standard InChI is InChI=1S/C14H9BrFNO2/c15-13-4-2-1-3-11(13)9-14(17(18)19)10-5-7-12(16)8-6-10/h1-9H/b14-9+. The van der Waals surface area contributed by atoms with E-state index in [2.05, 4.69) is 15.9 Å². The van der Waals surface area contributed by atoms with E-state index in [0.29, 0.717) is 11.1 Å². The first-order valence-corrected chi connectivity index (χ1v) is 6.24. The lowest BCUT2D eigenvalue weighted by molar-refractivity contribution is -0.374. The molecule has 2 aromatic carbocycles. The smallest absolute Gasteiger partial charge is 0.258 e. The van der Waals surface area contributed by atoms with Gasteiger partial charge in [-0.05, 0) is 35.9 Å². The molecule has 0 saturated heterocycles. The molecule has 2 aromatic rings. The molecule has 0 amide bonds. The van der Waals surface area contributed by atoms with E-state index < -0.39 is 10.7 Å². The highest BCUT2D eigenvalue weighted by Crippen LogP contribution is 2.23. The molecule has 0 heterocycles. The van der Waals surface area contributed by atoms with Gasteiger partial charge in [-0.15, -0.1) is 0 Å². The summed E-state index contributed by atoms with van der Waals surface area (Å²) in [5.74, 6) is -0.424. The van der Waals surface area contributed by atoms with Crippen molar-refractivity contribution in [2.45, 2.75) is 0 Å². The van der Waals surface area contributed by atoms with E-state index in [1.807, 2.05) is 6.07 Å². The van der Waals surface area contributed by atoms with Gasteiger partial charge in [-0.3, -0.25) is 10.1 Å². The minimum Gasteiger partial charge on any atom is -0.258 e. The van der Waals surface area contributed by atoms with Crippen LogP contribution >= 0.6 is 15.9 Å². The second kappa shape index (κ2) is 5.75. The van der Waals surface area contributed by atoms with Crippen molar-refractivity contribution in [1.29, 1.82) is 0 Å². The minimum atomic E-state index is -0.479. The van der Waals surface area contributed by atoms with E-state index in [1.165, 1.54) is 30.3 Å². The Morgan fingerprint density at radius 2 is 1.79 bits per heavy atom. The second-order valence-electron chi connectivity index (χ2n) is 3.82. The third kappa shape index (κ3) is 3.26. The maximum atomic E-state index is 12.8. The van der Waals surface area contributed by atoms with Crippen molar-refractivity contribution in [2.75, 3.05) is 0 Å². The minimum absolute atomic E-state index is 0.0769. The van der Waals surface area contributed by atoms with Crippen LogP contribution in [0, 0.1) is 15.9 Å². The average Bonchev–Trinajstić information content (AvgIpc) is 2.39. The Morgan fingerprint density at radius 3 is 2.37 bits per heavy atom.